The SMILES string of the molecule is CCOc1cc(C(=O)Nc2nccs2)cc(Br)c1OC. The van der Waals surface area contributed by atoms with Gasteiger partial charge in [-0.3, -0.25) is 10.1 Å². The largest absolute Gasteiger partial charge is 0.492 e. The predicted octanol–water partition coefficient (Wildman–Crippen LogP) is 3.57. The molecule has 7 heteroatoms. The van der Waals surface area contributed by atoms with Crippen molar-refractivity contribution in [3.8, 4) is 11.5 Å². The minimum atomic E-state index is -0.246. The van der Waals surface area contributed by atoms with Gasteiger partial charge in [0.1, 0.15) is 0 Å². The van der Waals surface area contributed by atoms with Crippen molar-refractivity contribution < 1.29 is 14.3 Å². The highest BCUT2D eigenvalue weighted by Crippen LogP contribution is 2.36. The lowest BCUT2D eigenvalue weighted by molar-refractivity contribution is 0.102. The second kappa shape index (κ2) is 6.71. The maximum atomic E-state index is 12.2. The number of anilines is 1. The zero-order valence-electron chi connectivity index (χ0n) is 11.0. The molecule has 1 aromatic carbocycles. The van der Waals surface area contributed by atoms with Crippen molar-refractivity contribution >= 4 is 38.3 Å². The van der Waals surface area contributed by atoms with Crippen LogP contribution in [0.2, 0.25) is 0 Å². The van der Waals surface area contributed by atoms with Gasteiger partial charge in [-0.1, -0.05) is 0 Å². The fourth-order valence-electron chi connectivity index (χ4n) is 1.61. The highest BCUT2D eigenvalue weighted by molar-refractivity contribution is 9.10. The summed E-state index contributed by atoms with van der Waals surface area (Å²) in [5, 5.41) is 5.08. The van der Waals surface area contributed by atoms with Gasteiger partial charge in [0.2, 0.25) is 0 Å². The number of carbonyl (C=O) groups excluding carboxylic acids is 1. The molecule has 106 valence electrons. The third-order valence-electron chi connectivity index (χ3n) is 2.43. The van der Waals surface area contributed by atoms with Gasteiger partial charge >= 0.3 is 0 Å². The van der Waals surface area contributed by atoms with E-state index >= 15 is 0 Å². The van der Waals surface area contributed by atoms with Crippen LogP contribution in [-0.4, -0.2) is 24.6 Å². The fraction of sp³-hybridized carbons (Fsp3) is 0.231. The molecule has 0 aliphatic rings. The highest BCUT2D eigenvalue weighted by atomic mass is 79.9. The number of rotatable bonds is 5. The van der Waals surface area contributed by atoms with Crippen molar-refractivity contribution in [3.63, 3.8) is 0 Å². The third kappa shape index (κ3) is 3.29. The van der Waals surface area contributed by atoms with Gasteiger partial charge in [0.05, 0.1) is 18.2 Å². The number of thiazole rings is 1. The average molecular weight is 357 g/mol. The summed E-state index contributed by atoms with van der Waals surface area (Å²) in [5.74, 6) is 0.843. The van der Waals surface area contributed by atoms with Crippen LogP contribution in [0.3, 0.4) is 0 Å². The number of hydrogen-bond acceptors (Lipinski definition) is 5. The number of carbonyl (C=O) groups is 1. The molecule has 0 saturated carbocycles. The summed E-state index contributed by atoms with van der Waals surface area (Å²) < 4.78 is 11.4. The Hall–Kier alpha value is -1.60. The van der Waals surface area contributed by atoms with E-state index in [0.29, 0.717) is 33.3 Å². The van der Waals surface area contributed by atoms with Gasteiger partial charge in [0.15, 0.2) is 16.6 Å². The lowest BCUT2D eigenvalue weighted by Gasteiger charge is -2.12. The minimum Gasteiger partial charge on any atom is -0.492 e. The fourth-order valence-corrected chi connectivity index (χ4v) is 2.74. The van der Waals surface area contributed by atoms with Gasteiger partial charge in [-0.05, 0) is 35.0 Å². The first-order chi connectivity index (χ1) is 9.65. The van der Waals surface area contributed by atoms with E-state index in [0.717, 1.165) is 0 Å². The molecule has 0 aliphatic heterocycles. The van der Waals surface area contributed by atoms with Crippen molar-refractivity contribution in [1.82, 2.24) is 4.98 Å². The molecule has 0 saturated heterocycles. The van der Waals surface area contributed by atoms with Crippen LogP contribution in [0.25, 0.3) is 0 Å². The summed E-state index contributed by atoms with van der Waals surface area (Å²) in [5.41, 5.74) is 0.469. The van der Waals surface area contributed by atoms with E-state index < -0.39 is 0 Å². The molecule has 0 spiro atoms. The molecule has 2 aromatic rings. The summed E-state index contributed by atoms with van der Waals surface area (Å²) in [6.45, 7) is 2.36. The smallest absolute Gasteiger partial charge is 0.257 e. The summed E-state index contributed by atoms with van der Waals surface area (Å²) >= 11 is 4.74. The monoisotopic (exact) mass is 356 g/mol. The van der Waals surface area contributed by atoms with E-state index in [1.807, 2.05) is 6.92 Å². The maximum Gasteiger partial charge on any atom is 0.257 e. The van der Waals surface area contributed by atoms with E-state index in [1.165, 1.54) is 11.3 Å². The molecule has 0 radical (unpaired) electrons. The lowest BCUT2D eigenvalue weighted by atomic mass is 10.2. The van der Waals surface area contributed by atoms with Gasteiger partial charge < -0.3 is 9.47 Å². The van der Waals surface area contributed by atoms with E-state index in [1.54, 1.807) is 30.8 Å². The first-order valence-corrected chi connectivity index (χ1v) is 7.54. The number of halogens is 1. The van der Waals surface area contributed by atoms with E-state index in [-0.39, 0.29) is 5.91 Å². The number of amides is 1. The van der Waals surface area contributed by atoms with Gasteiger partial charge in [-0.2, -0.15) is 0 Å². The molecule has 0 atom stereocenters. The molecule has 1 amide bonds. The van der Waals surface area contributed by atoms with Crippen LogP contribution in [0.5, 0.6) is 11.5 Å². The van der Waals surface area contributed by atoms with Crippen molar-refractivity contribution in [3.05, 3.63) is 33.7 Å². The van der Waals surface area contributed by atoms with Crippen LogP contribution < -0.4 is 14.8 Å². The van der Waals surface area contributed by atoms with E-state index in [4.69, 9.17) is 9.47 Å². The number of benzene rings is 1. The van der Waals surface area contributed by atoms with Gasteiger partial charge in [-0.25, -0.2) is 4.98 Å². The van der Waals surface area contributed by atoms with Crippen molar-refractivity contribution in [2.75, 3.05) is 19.0 Å². The lowest BCUT2D eigenvalue weighted by Crippen LogP contribution is -2.12. The molecular formula is C13H13BrN2O3S. The minimum absolute atomic E-state index is 0.246. The average Bonchev–Trinajstić information content (AvgIpc) is 2.91. The Morgan fingerprint density at radius 3 is 2.90 bits per heavy atom. The summed E-state index contributed by atoms with van der Waals surface area (Å²) in [6, 6.07) is 3.33. The molecule has 0 bridgehead atoms. The van der Waals surface area contributed by atoms with Crippen molar-refractivity contribution in [1.29, 1.82) is 0 Å². The van der Waals surface area contributed by atoms with Gasteiger partial charge in [-0.15, -0.1) is 11.3 Å². The second-order valence-electron chi connectivity index (χ2n) is 3.71. The van der Waals surface area contributed by atoms with E-state index in [2.05, 4.69) is 26.2 Å². The number of nitrogens with zero attached hydrogens (tertiary/aromatic N) is 1. The first kappa shape index (κ1) is 14.8. The number of methoxy groups -OCH3 is 1. The van der Waals surface area contributed by atoms with Gasteiger partial charge in [0, 0.05) is 17.1 Å². The Labute approximate surface area is 129 Å². The number of hydrogen-bond donors (Lipinski definition) is 1. The molecule has 0 fully saturated rings. The summed E-state index contributed by atoms with van der Waals surface area (Å²) in [7, 11) is 1.55. The Morgan fingerprint density at radius 1 is 1.50 bits per heavy atom. The van der Waals surface area contributed by atoms with Crippen LogP contribution in [0.15, 0.2) is 28.2 Å². The first-order valence-electron chi connectivity index (χ1n) is 5.87. The Kier molecular flexibility index (Phi) is 4.97. The quantitative estimate of drug-likeness (QED) is 0.889. The molecule has 20 heavy (non-hydrogen) atoms. The molecule has 1 N–H and O–H groups in total. The number of ether oxygens (including phenoxy) is 2. The maximum absolute atomic E-state index is 12.2. The van der Waals surface area contributed by atoms with Gasteiger partial charge in [0.25, 0.3) is 5.91 Å². The Morgan fingerprint density at radius 2 is 2.30 bits per heavy atom. The normalized spacial score (nSPS) is 10.2. The molecule has 5 nitrogen and oxygen atoms in total. The molecule has 0 aliphatic carbocycles. The van der Waals surface area contributed by atoms with Crippen LogP contribution in [0, 0.1) is 0 Å². The number of aromatic nitrogens is 1. The third-order valence-corrected chi connectivity index (χ3v) is 3.71. The van der Waals surface area contributed by atoms with Crippen LogP contribution in [0.4, 0.5) is 5.13 Å². The van der Waals surface area contributed by atoms with Crippen molar-refractivity contribution in [2.45, 2.75) is 6.92 Å². The predicted molar refractivity (Wildman–Crippen MR) is 81.9 cm³/mol. The van der Waals surface area contributed by atoms with E-state index in [9.17, 15) is 4.79 Å². The van der Waals surface area contributed by atoms with Crippen LogP contribution in [-0.2, 0) is 0 Å². The summed E-state index contributed by atoms with van der Waals surface area (Å²) in [4.78, 5) is 16.2. The Balaban J connectivity index is 2.29. The number of nitrogens with one attached hydrogen (secondary N) is 1. The standard InChI is InChI=1S/C13H13BrN2O3S/c1-3-19-10-7-8(6-9(14)11(10)18-2)12(17)16-13-15-4-5-20-13/h4-7H,3H2,1-2H3,(H,15,16,17). The highest BCUT2D eigenvalue weighted by Gasteiger charge is 2.16. The molecule has 2 rings (SSSR count). The zero-order valence-corrected chi connectivity index (χ0v) is 13.4. The zero-order chi connectivity index (χ0) is 14.5. The summed E-state index contributed by atoms with van der Waals surface area (Å²) in [6.07, 6.45) is 1.63. The molecular weight excluding hydrogens is 344 g/mol. The van der Waals surface area contributed by atoms with Crippen LogP contribution >= 0.6 is 27.3 Å². The van der Waals surface area contributed by atoms with Crippen LogP contribution in [0.1, 0.15) is 17.3 Å². The molecule has 1 heterocycles. The molecule has 1 aromatic heterocycles. The molecule has 0 unspecified atom stereocenters. The Bertz CT molecular complexity index is 602. The van der Waals surface area contributed by atoms with Crippen molar-refractivity contribution in [2.24, 2.45) is 0 Å². The topological polar surface area (TPSA) is 60.5 Å². The second-order valence-corrected chi connectivity index (χ2v) is 5.46.